The first-order chi connectivity index (χ1) is 12.6. The van der Waals surface area contributed by atoms with E-state index in [9.17, 15) is 9.59 Å². The van der Waals surface area contributed by atoms with Crippen molar-refractivity contribution in [3.63, 3.8) is 0 Å². The third-order valence-corrected chi connectivity index (χ3v) is 5.89. The van der Waals surface area contributed by atoms with Crippen molar-refractivity contribution in [2.24, 2.45) is 0 Å². The van der Waals surface area contributed by atoms with Crippen LogP contribution in [0, 0.1) is 0 Å². The van der Waals surface area contributed by atoms with Crippen LogP contribution in [0.15, 0.2) is 34.4 Å². The van der Waals surface area contributed by atoms with Crippen LogP contribution in [-0.4, -0.2) is 33.9 Å². The zero-order chi connectivity index (χ0) is 18.1. The van der Waals surface area contributed by atoms with E-state index in [1.54, 1.807) is 6.07 Å². The third kappa shape index (κ3) is 3.27. The number of halogens is 1. The van der Waals surface area contributed by atoms with E-state index in [1.807, 2.05) is 28.5 Å². The van der Waals surface area contributed by atoms with Gasteiger partial charge < -0.3 is 9.88 Å². The van der Waals surface area contributed by atoms with Gasteiger partial charge in [-0.25, -0.2) is 4.98 Å². The minimum atomic E-state index is -0.229. The van der Waals surface area contributed by atoms with Crippen molar-refractivity contribution in [3.8, 4) is 11.1 Å². The van der Waals surface area contributed by atoms with Crippen LogP contribution in [0.25, 0.3) is 21.3 Å². The molecule has 0 spiro atoms. The van der Waals surface area contributed by atoms with Gasteiger partial charge in [-0.15, -0.1) is 11.3 Å². The number of hydrogen-bond acceptors (Lipinski definition) is 4. The normalized spacial score (nSPS) is 14.7. The summed E-state index contributed by atoms with van der Waals surface area (Å²) >= 11 is 7.67. The molecule has 26 heavy (non-hydrogen) atoms. The third-order valence-electron chi connectivity index (χ3n) is 4.68. The van der Waals surface area contributed by atoms with Crippen molar-refractivity contribution < 1.29 is 4.79 Å². The Bertz CT molecular complexity index is 1020. The molecule has 1 amide bonds. The Kier molecular flexibility index (Phi) is 4.78. The second kappa shape index (κ2) is 7.21. The van der Waals surface area contributed by atoms with Crippen LogP contribution in [0.2, 0.25) is 5.02 Å². The number of carbonyl (C=O) groups excluding carboxylic acids is 1. The molecular formula is C19H18ClN3O2S. The van der Waals surface area contributed by atoms with Crippen LogP contribution >= 0.6 is 22.9 Å². The second-order valence-corrected chi connectivity index (χ2v) is 7.71. The van der Waals surface area contributed by atoms with Crippen LogP contribution in [0.1, 0.15) is 25.1 Å². The van der Waals surface area contributed by atoms with Crippen LogP contribution in [0.4, 0.5) is 0 Å². The molecule has 134 valence electrons. The predicted molar refractivity (Wildman–Crippen MR) is 105 cm³/mol. The molecule has 0 atom stereocenters. The minimum absolute atomic E-state index is 0.0232. The molecule has 1 aliphatic rings. The summed E-state index contributed by atoms with van der Waals surface area (Å²) in [6, 6.07) is 7.43. The lowest BCUT2D eigenvalue weighted by Gasteiger charge is -2.26. The van der Waals surface area contributed by atoms with E-state index in [2.05, 4.69) is 9.97 Å². The number of aromatic nitrogens is 2. The number of fused-ring (bicyclic) bond motifs is 1. The molecule has 0 unspecified atom stereocenters. The van der Waals surface area contributed by atoms with Gasteiger partial charge in [0.15, 0.2) is 0 Å². The number of rotatable bonds is 3. The maximum absolute atomic E-state index is 12.7. The van der Waals surface area contributed by atoms with Gasteiger partial charge in [-0.1, -0.05) is 29.8 Å². The van der Waals surface area contributed by atoms with Crippen molar-refractivity contribution in [2.45, 2.75) is 25.7 Å². The first kappa shape index (κ1) is 17.2. The fourth-order valence-electron chi connectivity index (χ4n) is 3.35. The van der Waals surface area contributed by atoms with Crippen LogP contribution < -0.4 is 5.56 Å². The highest BCUT2D eigenvalue weighted by atomic mass is 35.5. The molecule has 0 aliphatic carbocycles. The molecule has 7 heteroatoms. The minimum Gasteiger partial charge on any atom is -0.342 e. The summed E-state index contributed by atoms with van der Waals surface area (Å²) < 4.78 is 0. The Balaban J connectivity index is 1.67. The number of amides is 1. The Morgan fingerprint density at radius 3 is 2.73 bits per heavy atom. The number of piperidine rings is 1. The zero-order valence-corrected chi connectivity index (χ0v) is 15.7. The van der Waals surface area contributed by atoms with Gasteiger partial charge in [0.1, 0.15) is 10.7 Å². The molecule has 1 aliphatic heterocycles. The van der Waals surface area contributed by atoms with Crippen molar-refractivity contribution in [1.82, 2.24) is 14.9 Å². The van der Waals surface area contributed by atoms with Crippen LogP contribution in [-0.2, 0) is 11.2 Å². The maximum atomic E-state index is 12.7. The highest BCUT2D eigenvalue weighted by molar-refractivity contribution is 7.17. The fourth-order valence-corrected chi connectivity index (χ4v) is 4.55. The van der Waals surface area contributed by atoms with Gasteiger partial charge in [0.25, 0.3) is 5.56 Å². The lowest BCUT2D eigenvalue weighted by Crippen LogP contribution is -2.37. The van der Waals surface area contributed by atoms with Gasteiger partial charge in [0, 0.05) is 34.6 Å². The molecule has 2 aromatic heterocycles. The molecule has 0 radical (unpaired) electrons. The number of nitrogens with zero attached hydrogens (tertiary/aromatic N) is 2. The summed E-state index contributed by atoms with van der Waals surface area (Å²) in [5.74, 6) is 0.445. The van der Waals surface area contributed by atoms with E-state index >= 15 is 0 Å². The Labute approximate surface area is 159 Å². The Hall–Kier alpha value is -2.18. The summed E-state index contributed by atoms with van der Waals surface area (Å²) in [4.78, 5) is 34.9. The van der Waals surface area contributed by atoms with E-state index in [0.717, 1.165) is 37.1 Å². The fraction of sp³-hybridized carbons (Fsp3) is 0.316. The van der Waals surface area contributed by atoms with Gasteiger partial charge in [0.2, 0.25) is 5.91 Å². The number of nitrogens with one attached hydrogen (secondary N) is 1. The summed E-state index contributed by atoms with van der Waals surface area (Å²) in [5, 5.41) is 3.01. The van der Waals surface area contributed by atoms with E-state index in [-0.39, 0.29) is 17.9 Å². The number of aromatic amines is 1. The highest BCUT2D eigenvalue weighted by Gasteiger charge is 2.19. The van der Waals surface area contributed by atoms with Crippen molar-refractivity contribution in [3.05, 3.63) is 50.8 Å². The summed E-state index contributed by atoms with van der Waals surface area (Å²) in [6.07, 6.45) is 3.39. The monoisotopic (exact) mass is 387 g/mol. The molecule has 1 saturated heterocycles. The molecule has 0 bridgehead atoms. The number of benzene rings is 1. The van der Waals surface area contributed by atoms with Gasteiger partial charge in [-0.3, -0.25) is 9.59 Å². The first-order valence-corrected chi connectivity index (χ1v) is 9.92. The molecule has 1 N–H and O–H groups in total. The zero-order valence-electron chi connectivity index (χ0n) is 14.1. The summed E-state index contributed by atoms with van der Waals surface area (Å²) in [6.45, 7) is 1.59. The predicted octanol–water partition coefficient (Wildman–Crippen LogP) is 3.86. The average Bonchev–Trinajstić information content (AvgIpc) is 3.07. The van der Waals surface area contributed by atoms with Gasteiger partial charge in [0.05, 0.1) is 11.8 Å². The number of hydrogen-bond donors (Lipinski definition) is 1. The standard InChI is InChI=1S/C19H18ClN3O2S/c20-14-7-3-2-6-12(14)13-11-26-19-17(13)18(25)21-15(22-19)10-16(24)23-8-4-1-5-9-23/h2-3,6-7,11H,1,4-5,8-10H2,(H,21,22,25). The first-order valence-electron chi connectivity index (χ1n) is 8.66. The molecule has 1 fully saturated rings. The lowest BCUT2D eigenvalue weighted by atomic mass is 10.1. The van der Waals surface area contributed by atoms with E-state index in [4.69, 9.17) is 11.6 Å². The summed E-state index contributed by atoms with van der Waals surface area (Å²) in [5.41, 5.74) is 1.36. The quantitative estimate of drug-likeness (QED) is 0.742. The molecular weight excluding hydrogens is 370 g/mol. The molecule has 3 heterocycles. The van der Waals surface area contributed by atoms with Crippen LogP contribution in [0.3, 0.4) is 0 Å². The smallest absolute Gasteiger partial charge is 0.260 e. The van der Waals surface area contributed by atoms with Crippen LogP contribution in [0.5, 0.6) is 0 Å². The lowest BCUT2D eigenvalue weighted by molar-refractivity contribution is -0.131. The van der Waals surface area contributed by atoms with Gasteiger partial charge in [-0.2, -0.15) is 0 Å². The topological polar surface area (TPSA) is 66.1 Å². The van der Waals surface area contributed by atoms with E-state index < -0.39 is 0 Å². The highest BCUT2D eigenvalue weighted by Crippen LogP contribution is 2.34. The number of thiophene rings is 1. The van der Waals surface area contributed by atoms with Crippen molar-refractivity contribution in [1.29, 1.82) is 0 Å². The SMILES string of the molecule is O=C(Cc1nc2scc(-c3ccccc3Cl)c2c(=O)[nH]1)N1CCCCC1. The molecule has 3 aromatic rings. The van der Waals surface area contributed by atoms with E-state index in [1.165, 1.54) is 17.8 Å². The number of likely N-dealkylation sites (tertiary alicyclic amines) is 1. The second-order valence-electron chi connectivity index (χ2n) is 6.44. The summed E-state index contributed by atoms with van der Waals surface area (Å²) in [7, 11) is 0. The largest absolute Gasteiger partial charge is 0.342 e. The molecule has 1 aromatic carbocycles. The number of carbonyl (C=O) groups is 1. The van der Waals surface area contributed by atoms with Gasteiger partial charge >= 0.3 is 0 Å². The number of H-pyrrole nitrogens is 1. The average molecular weight is 388 g/mol. The van der Waals surface area contributed by atoms with Crippen molar-refractivity contribution in [2.75, 3.05) is 13.1 Å². The molecule has 0 saturated carbocycles. The maximum Gasteiger partial charge on any atom is 0.260 e. The van der Waals surface area contributed by atoms with Gasteiger partial charge in [-0.05, 0) is 25.3 Å². The molecule has 4 rings (SSSR count). The Morgan fingerprint density at radius 1 is 1.19 bits per heavy atom. The van der Waals surface area contributed by atoms with Crippen molar-refractivity contribution >= 4 is 39.1 Å². The molecule has 5 nitrogen and oxygen atoms in total. The Morgan fingerprint density at radius 2 is 1.96 bits per heavy atom. The van der Waals surface area contributed by atoms with E-state index in [0.29, 0.717) is 21.1 Å².